The predicted molar refractivity (Wildman–Crippen MR) is 85.0 cm³/mol. The van der Waals surface area contributed by atoms with Crippen LogP contribution in [0.2, 0.25) is 0 Å². The quantitative estimate of drug-likeness (QED) is 0.859. The summed E-state index contributed by atoms with van der Waals surface area (Å²) in [5.74, 6) is 0. The second-order valence-electron chi connectivity index (χ2n) is 7.57. The molecular formula is C17H30N4. The highest BCUT2D eigenvalue weighted by Crippen LogP contribution is 2.35. The van der Waals surface area contributed by atoms with E-state index in [2.05, 4.69) is 35.0 Å². The first-order chi connectivity index (χ1) is 10.1. The van der Waals surface area contributed by atoms with Crippen LogP contribution in [-0.4, -0.2) is 59.6 Å². The summed E-state index contributed by atoms with van der Waals surface area (Å²) < 4.78 is 0. The van der Waals surface area contributed by atoms with Gasteiger partial charge in [-0.15, -0.1) is 0 Å². The van der Waals surface area contributed by atoms with E-state index in [-0.39, 0.29) is 5.54 Å². The molecule has 118 valence electrons. The van der Waals surface area contributed by atoms with E-state index >= 15 is 0 Å². The molecule has 21 heavy (non-hydrogen) atoms. The van der Waals surface area contributed by atoms with Crippen molar-refractivity contribution >= 4 is 0 Å². The number of rotatable bonds is 4. The molecule has 0 spiro atoms. The second kappa shape index (κ2) is 6.24. The zero-order valence-electron chi connectivity index (χ0n) is 13.6. The van der Waals surface area contributed by atoms with Crippen molar-refractivity contribution in [1.29, 1.82) is 5.26 Å². The van der Waals surface area contributed by atoms with Gasteiger partial charge in [0.05, 0.1) is 6.07 Å². The number of likely N-dealkylation sites (tertiary alicyclic amines) is 2. The van der Waals surface area contributed by atoms with Gasteiger partial charge in [0.2, 0.25) is 0 Å². The Labute approximate surface area is 129 Å². The number of nitrogens with one attached hydrogen (secondary N) is 1. The van der Waals surface area contributed by atoms with Crippen molar-refractivity contribution in [1.82, 2.24) is 15.1 Å². The van der Waals surface area contributed by atoms with Gasteiger partial charge in [0, 0.05) is 31.2 Å². The van der Waals surface area contributed by atoms with Gasteiger partial charge in [-0.05, 0) is 65.5 Å². The predicted octanol–water partition coefficient (Wildman–Crippen LogP) is 1.97. The Morgan fingerprint density at radius 1 is 1.10 bits per heavy atom. The highest BCUT2D eigenvalue weighted by molar-refractivity contribution is 5.14. The summed E-state index contributed by atoms with van der Waals surface area (Å²) in [5.41, 5.74) is -0.273. The molecule has 4 nitrogen and oxygen atoms in total. The minimum absolute atomic E-state index is 0.273. The third-order valence-electron chi connectivity index (χ3n) is 5.64. The van der Waals surface area contributed by atoms with Crippen molar-refractivity contribution in [3.05, 3.63) is 0 Å². The van der Waals surface area contributed by atoms with Crippen molar-refractivity contribution < 1.29 is 0 Å². The van der Waals surface area contributed by atoms with Crippen LogP contribution in [-0.2, 0) is 0 Å². The lowest BCUT2D eigenvalue weighted by molar-refractivity contribution is 0.196. The molecule has 0 amide bonds. The van der Waals surface area contributed by atoms with Crippen molar-refractivity contribution in [2.45, 2.75) is 76.0 Å². The molecule has 1 saturated carbocycles. The van der Waals surface area contributed by atoms with E-state index in [4.69, 9.17) is 0 Å². The third-order valence-corrected chi connectivity index (χ3v) is 5.64. The van der Waals surface area contributed by atoms with Crippen molar-refractivity contribution in [2.75, 3.05) is 26.2 Å². The summed E-state index contributed by atoms with van der Waals surface area (Å²) in [5, 5.41) is 13.1. The first-order valence-corrected chi connectivity index (χ1v) is 8.79. The van der Waals surface area contributed by atoms with Crippen molar-refractivity contribution in [2.24, 2.45) is 0 Å². The van der Waals surface area contributed by atoms with Crippen LogP contribution in [0.1, 0.15) is 52.4 Å². The van der Waals surface area contributed by atoms with E-state index in [0.717, 1.165) is 18.9 Å². The summed E-state index contributed by atoms with van der Waals surface area (Å²) in [6.45, 7) is 9.36. The first-order valence-electron chi connectivity index (χ1n) is 8.79. The first kappa shape index (κ1) is 15.3. The molecule has 4 heteroatoms. The van der Waals surface area contributed by atoms with Gasteiger partial charge in [0.1, 0.15) is 5.54 Å². The molecule has 3 unspecified atom stereocenters. The maximum absolute atomic E-state index is 9.61. The van der Waals surface area contributed by atoms with Crippen LogP contribution in [0.25, 0.3) is 0 Å². The topological polar surface area (TPSA) is 42.3 Å². The molecule has 3 atom stereocenters. The standard InChI is InChI=1S/C17H30N4/c1-14(2)19-17(13-18)7-5-15(11-17)21-10-6-16(12-21)20-8-3-4-9-20/h14-16,19H,3-12H2,1-2H3. The lowest BCUT2D eigenvalue weighted by Gasteiger charge is -2.29. The fourth-order valence-electron chi connectivity index (χ4n) is 4.65. The maximum Gasteiger partial charge on any atom is 0.108 e. The zero-order chi connectivity index (χ0) is 14.9. The number of nitriles is 1. The summed E-state index contributed by atoms with van der Waals surface area (Å²) >= 11 is 0. The highest BCUT2D eigenvalue weighted by Gasteiger charge is 2.43. The minimum atomic E-state index is -0.273. The van der Waals surface area contributed by atoms with Crippen molar-refractivity contribution in [3.8, 4) is 6.07 Å². The molecule has 3 rings (SSSR count). The Hall–Kier alpha value is -0.630. The summed E-state index contributed by atoms with van der Waals surface area (Å²) in [4.78, 5) is 5.36. The largest absolute Gasteiger partial charge is 0.299 e. The molecule has 1 aliphatic carbocycles. The Morgan fingerprint density at radius 3 is 2.52 bits per heavy atom. The van der Waals surface area contributed by atoms with Crippen LogP contribution < -0.4 is 5.32 Å². The van der Waals surface area contributed by atoms with E-state index in [0.29, 0.717) is 12.1 Å². The average Bonchev–Trinajstić information content (AvgIpc) is 3.18. The lowest BCUT2D eigenvalue weighted by Crippen LogP contribution is -2.47. The third kappa shape index (κ3) is 3.26. The maximum atomic E-state index is 9.61. The number of hydrogen-bond donors (Lipinski definition) is 1. The molecule has 0 aromatic heterocycles. The molecule has 2 saturated heterocycles. The van der Waals surface area contributed by atoms with E-state index in [1.807, 2.05) is 0 Å². The van der Waals surface area contributed by atoms with Gasteiger partial charge < -0.3 is 0 Å². The Morgan fingerprint density at radius 2 is 1.86 bits per heavy atom. The smallest absolute Gasteiger partial charge is 0.108 e. The second-order valence-corrected chi connectivity index (χ2v) is 7.57. The monoisotopic (exact) mass is 290 g/mol. The average molecular weight is 290 g/mol. The fourth-order valence-corrected chi connectivity index (χ4v) is 4.65. The number of nitrogens with zero attached hydrogens (tertiary/aromatic N) is 3. The lowest BCUT2D eigenvalue weighted by atomic mass is 9.98. The van der Waals surface area contributed by atoms with Gasteiger partial charge in [-0.1, -0.05) is 0 Å². The Balaban J connectivity index is 1.55. The molecule has 0 radical (unpaired) electrons. The zero-order valence-corrected chi connectivity index (χ0v) is 13.6. The molecule has 0 aromatic carbocycles. The van der Waals surface area contributed by atoms with E-state index in [1.54, 1.807) is 0 Å². The van der Waals surface area contributed by atoms with E-state index < -0.39 is 0 Å². The van der Waals surface area contributed by atoms with Gasteiger partial charge in [-0.3, -0.25) is 15.1 Å². The van der Waals surface area contributed by atoms with Gasteiger partial charge >= 0.3 is 0 Å². The SMILES string of the molecule is CC(C)NC1(C#N)CCC(N2CCC(N3CCCC3)C2)C1. The van der Waals surface area contributed by atoms with Crippen LogP contribution >= 0.6 is 0 Å². The molecule has 3 fully saturated rings. The summed E-state index contributed by atoms with van der Waals surface area (Å²) in [6, 6.07) is 4.36. The minimum Gasteiger partial charge on any atom is -0.299 e. The normalized spacial score (nSPS) is 38.4. The van der Waals surface area contributed by atoms with Gasteiger partial charge in [0.25, 0.3) is 0 Å². The summed E-state index contributed by atoms with van der Waals surface area (Å²) in [7, 11) is 0. The highest BCUT2D eigenvalue weighted by atomic mass is 15.3. The molecular weight excluding hydrogens is 260 g/mol. The molecule has 0 aromatic rings. The van der Waals surface area contributed by atoms with Gasteiger partial charge in [-0.2, -0.15) is 5.26 Å². The molecule has 2 aliphatic heterocycles. The fraction of sp³-hybridized carbons (Fsp3) is 0.941. The molecule has 1 N–H and O–H groups in total. The Kier molecular flexibility index (Phi) is 4.54. The van der Waals surface area contributed by atoms with Crippen LogP contribution in [0.5, 0.6) is 0 Å². The summed E-state index contributed by atoms with van der Waals surface area (Å²) in [6.07, 6.45) is 7.30. The number of hydrogen-bond acceptors (Lipinski definition) is 4. The van der Waals surface area contributed by atoms with Gasteiger partial charge in [0.15, 0.2) is 0 Å². The van der Waals surface area contributed by atoms with Gasteiger partial charge in [-0.25, -0.2) is 0 Å². The van der Waals surface area contributed by atoms with E-state index in [9.17, 15) is 5.26 Å². The van der Waals surface area contributed by atoms with Crippen LogP contribution in [0.3, 0.4) is 0 Å². The van der Waals surface area contributed by atoms with Crippen LogP contribution in [0, 0.1) is 11.3 Å². The Bertz CT molecular complexity index is 396. The van der Waals surface area contributed by atoms with E-state index in [1.165, 1.54) is 51.9 Å². The van der Waals surface area contributed by atoms with Crippen LogP contribution in [0.4, 0.5) is 0 Å². The van der Waals surface area contributed by atoms with Crippen molar-refractivity contribution in [3.63, 3.8) is 0 Å². The molecule has 0 bridgehead atoms. The molecule has 2 heterocycles. The molecule has 3 aliphatic rings. The van der Waals surface area contributed by atoms with Crippen LogP contribution in [0.15, 0.2) is 0 Å².